The summed E-state index contributed by atoms with van der Waals surface area (Å²) in [5.74, 6) is -0.587. The number of carbonyl (C=O) groups is 1. The Morgan fingerprint density at radius 2 is 1.96 bits per heavy atom. The summed E-state index contributed by atoms with van der Waals surface area (Å²) in [7, 11) is -3.43. The smallest absolute Gasteiger partial charge is 0.338 e. The van der Waals surface area contributed by atoms with Gasteiger partial charge >= 0.3 is 5.97 Å². The number of hydrogen-bond acceptors (Lipinski definition) is 5. The van der Waals surface area contributed by atoms with Crippen molar-refractivity contribution >= 4 is 21.7 Å². The number of hydrogen-bond donors (Lipinski definition) is 1. The number of esters is 1. The molecule has 0 unspecified atom stereocenters. The van der Waals surface area contributed by atoms with Crippen molar-refractivity contribution in [2.24, 2.45) is 0 Å². The maximum absolute atomic E-state index is 12.2. The van der Waals surface area contributed by atoms with Gasteiger partial charge < -0.3 is 4.74 Å². The minimum absolute atomic E-state index is 0.00657. The first-order valence-electron chi connectivity index (χ1n) is 7.71. The molecule has 130 valence electrons. The number of carbonyl (C=O) groups excluding carboxylic acids is 1. The standard InChI is InChI=1S/C18H18N2O4S/c1-2-10-25(22,23)20-17-9-5-8-14(11-17)18(21)24-13-16-7-4-3-6-15(16)12-19/h3-9,11,20H,2,10,13H2,1H3. The van der Waals surface area contributed by atoms with Gasteiger partial charge in [0.1, 0.15) is 6.61 Å². The van der Waals surface area contributed by atoms with Crippen LogP contribution >= 0.6 is 0 Å². The van der Waals surface area contributed by atoms with Crippen molar-refractivity contribution in [3.63, 3.8) is 0 Å². The Labute approximate surface area is 147 Å². The first kappa shape index (κ1) is 18.5. The van der Waals surface area contributed by atoms with E-state index < -0.39 is 16.0 Å². The number of benzene rings is 2. The summed E-state index contributed by atoms with van der Waals surface area (Å²) >= 11 is 0. The largest absolute Gasteiger partial charge is 0.457 e. The van der Waals surface area contributed by atoms with Gasteiger partial charge in [0.25, 0.3) is 0 Å². The number of ether oxygens (including phenoxy) is 1. The van der Waals surface area contributed by atoms with Gasteiger partial charge in [-0.15, -0.1) is 0 Å². The van der Waals surface area contributed by atoms with Crippen LogP contribution in [0.1, 0.15) is 34.8 Å². The Morgan fingerprint density at radius 3 is 2.68 bits per heavy atom. The lowest BCUT2D eigenvalue weighted by Crippen LogP contribution is -2.16. The molecule has 2 aromatic carbocycles. The molecule has 0 saturated carbocycles. The van der Waals surface area contributed by atoms with Crippen molar-refractivity contribution in [2.75, 3.05) is 10.5 Å². The maximum Gasteiger partial charge on any atom is 0.338 e. The number of nitriles is 1. The van der Waals surface area contributed by atoms with Crippen molar-refractivity contribution in [3.05, 3.63) is 65.2 Å². The molecule has 0 aliphatic rings. The van der Waals surface area contributed by atoms with Crippen LogP contribution in [0.15, 0.2) is 48.5 Å². The van der Waals surface area contributed by atoms with Crippen LogP contribution in [-0.2, 0) is 21.4 Å². The monoisotopic (exact) mass is 358 g/mol. The SMILES string of the molecule is CCCS(=O)(=O)Nc1cccc(C(=O)OCc2ccccc2C#N)c1. The summed E-state index contributed by atoms with van der Waals surface area (Å²) < 4.78 is 31.3. The van der Waals surface area contributed by atoms with Gasteiger partial charge in [0.05, 0.1) is 22.9 Å². The van der Waals surface area contributed by atoms with Crippen molar-refractivity contribution in [2.45, 2.75) is 20.0 Å². The van der Waals surface area contributed by atoms with E-state index in [2.05, 4.69) is 4.72 Å². The quantitative estimate of drug-likeness (QED) is 0.767. The molecule has 0 aliphatic carbocycles. The van der Waals surface area contributed by atoms with Crippen LogP contribution in [0.5, 0.6) is 0 Å². The second-order valence-electron chi connectivity index (χ2n) is 5.35. The van der Waals surface area contributed by atoms with E-state index in [1.54, 1.807) is 43.3 Å². The molecule has 0 aromatic heterocycles. The third-order valence-electron chi connectivity index (χ3n) is 3.34. The lowest BCUT2D eigenvalue weighted by Gasteiger charge is -2.09. The zero-order chi connectivity index (χ0) is 18.3. The molecule has 0 aliphatic heterocycles. The average molecular weight is 358 g/mol. The fourth-order valence-corrected chi connectivity index (χ4v) is 3.32. The van der Waals surface area contributed by atoms with Gasteiger partial charge in [0.15, 0.2) is 0 Å². The first-order valence-corrected chi connectivity index (χ1v) is 9.36. The predicted octanol–water partition coefficient (Wildman–Crippen LogP) is 3.07. The molecule has 2 aromatic rings. The molecular weight excluding hydrogens is 340 g/mol. The van der Waals surface area contributed by atoms with E-state index >= 15 is 0 Å². The van der Waals surface area contributed by atoms with Crippen molar-refractivity contribution in [3.8, 4) is 6.07 Å². The van der Waals surface area contributed by atoms with Crippen LogP contribution in [0, 0.1) is 11.3 Å². The lowest BCUT2D eigenvalue weighted by atomic mass is 10.1. The van der Waals surface area contributed by atoms with E-state index in [1.165, 1.54) is 12.1 Å². The van der Waals surface area contributed by atoms with Gasteiger partial charge in [-0.05, 0) is 30.7 Å². The molecule has 25 heavy (non-hydrogen) atoms. The fourth-order valence-electron chi connectivity index (χ4n) is 2.19. The Hall–Kier alpha value is -2.85. The summed E-state index contributed by atoms with van der Waals surface area (Å²) in [5, 5.41) is 9.03. The Morgan fingerprint density at radius 1 is 1.20 bits per heavy atom. The molecule has 0 spiro atoms. The van der Waals surface area contributed by atoms with Crippen molar-refractivity contribution < 1.29 is 17.9 Å². The van der Waals surface area contributed by atoms with Crippen LogP contribution in [-0.4, -0.2) is 20.1 Å². The van der Waals surface area contributed by atoms with E-state index in [9.17, 15) is 13.2 Å². The van der Waals surface area contributed by atoms with Gasteiger partial charge in [-0.25, -0.2) is 13.2 Å². The fraction of sp³-hybridized carbons (Fsp3) is 0.222. The molecule has 0 fully saturated rings. The zero-order valence-electron chi connectivity index (χ0n) is 13.7. The molecule has 0 amide bonds. The minimum Gasteiger partial charge on any atom is -0.457 e. The van der Waals surface area contributed by atoms with Gasteiger partial charge in [-0.3, -0.25) is 4.72 Å². The van der Waals surface area contributed by atoms with Crippen LogP contribution in [0.25, 0.3) is 0 Å². The van der Waals surface area contributed by atoms with E-state index in [-0.39, 0.29) is 17.9 Å². The van der Waals surface area contributed by atoms with Gasteiger partial charge in [-0.1, -0.05) is 31.2 Å². The molecule has 0 bridgehead atoms. The normalized spacial score (nSPS) is 10.7. The lowest BCUT2D eigenvalue weighted by molar-refractivity contribution is 0.0472. The molecule has 7 heteroatoms. The maximum atomic E-state index is 12.2. The molecule has 0 heterocycles. The van der Waals surface area contributed by atoms with Gasteiger partial charge in [-0.2, -0.15) is 5.26 Å². The molecular formula is C18H18N2O4S. The van der Waals surface area contributed by atoms with E-state index in [1.807, 2.05) is 6.07 Å². The van der Waals surface area contributed by atoms with Crippen LogP contribution in [0.4, 0.5) is 5.69 Å². The molecule has 0 saturated heterocycles. The molecule has 1 N–H and O–H groups in total. The van der Waals surface area contributed by atoms with Crippen molar-refractivity contribution in [1.29, 1.82) is 5.26 Å². The number of nitrogens with zero attached hydrogens (tertiary/aromatic N) is 1. The number of rotatable bonds is 7. The predicted molar refractivity (Wildman–Crippen MR) is 94.4 cm³/mol. The van der Waals surface area contributed by atoms with Crippen LogP contribution in [0.2, 0.25) is 0 Å². The molecule has 0 radical (unpaired) electrons. The van der Waals surface area contributed by atoms with Crippen molar-refractivity contribution in [1.82, 2.24) is 0 Å². The van der Waals surface area contributed by atoms with E-state index in [4.69, 9.17) is 10.00 Å². The highest BCUT2D eigenvalue weighted by Crippen LogP contribution is 2.15. The van der Waals surface area contributed by atoms with Gasteiger partial charge in [0, 0.05) is 11.3 Å². The third-order valence-corrected chi connectivity index (χ3v) is 4.83. The molecule has 6 nitrogen and oxygen atoms in total. The summed E-state index contributed by atoms with van der Waals surface area (Å²) in [6.07, 6.45) is 0.495. The Kier molecular flexibility index (Phi) is 6.14. The number of sulfonamides is 1. The summed E-state index contributed by atoms with van der Waals surface area (Å²) in [6.45, 7) is 1.74. The van der Waals surface area contributed by atoms with Gasteiger partial charge in [0.2, 0.25) is 10.0 Å². The topological polar surface area (TPSA) is 96.3 Å². The van der Waals surface area contributed by atoms with E-state index in [0.717, 1.165) is 0 Å². The Balaban J connectivity index is 2.07. The summed E-state index contributed by atoms with van der Waals surface area (Å²) in [4.78, 5) is 12.2. The second-order valence-corrected chi connectivity index (χ2v) is 7.19. The third kappa shape index (κ3) is 5.33. The minimum atomic E-state index is -3.43. The first-order chi connectivity index (χ1) is 11.9. The highest BCUT2D eigenvalue weighted by Gasteiger charge is 2.13. The highest BCUT2D eigenvalue weighted by atomic mass is 32.2. The molecule has 0 atom stereocenters. The van der Waals surface area contributed by atoms with E-state index in [0.29, 0.717) is 23.2 Å². The zero-order valence-corrected chi connectivity index (χ0v) is 14.5. The summed E-state index contributed by atoms with van der Waals surface area (Å²) in [6, 6.07) is 15.0. The van der Waals surface area contributed by atoms with Crippen LogP contribution < -0.4 is 4.72 Å². The average Bonchev–Trinajstić information content (AvgIpc) is 2.59. The highest BCUT2D eigenvalue weighted by molar-refractivity contribution is 7.92. The molecule has 2 rings (SSSR count). The number of anilines is 1. The van der Waals surface area contributed by atoms with Crippen LogP contribution in [0.3, 0.4) is 0 Å². The Bertz CT molecular complexity index is 901. The summed E-state index contributed by atoms with van der Waals surface area (Å²) in [5.41, 5.74) is 1.58. The number of nitrogens with one attached hydrogen (secondary N) is 1. The second kappa shape index (κ2) is 8.31.